The molecule has 8 heteroatoms. The Labute approximate surface area is 248 Å². The molecule has 2 amide bonds. The third-order valence-electron chi connectivity index (χ3n) is 9.45. The Morgan fingerprint density at radius 1 is 1.07 bits per heavy atom. The van der Waals surface area contributed by atoms with E-state index in [9.17, 15) is 14.7 Å². The standard InChI is InChI=1S/C33H36BrN3O4/c1-18-24-11-8-21(31(38)36-17-22-9-12-25(36)29(22)37(32(39)40)33(2,3)4)14-28(24)41-30(18)27-13-20-7-10-23(34)15-26(20)35(27)16-19-5-6-19/h7-8,10-11,13-15,19,22,25,29H,5-6,9,12,16-17H2,1-4H3,(H,39,40)/t22?,25?,29-/m1/s1. The van der Waals surface area contributed by atoms with Gasteiger partial charge in [0, 0.05) is 50.5 Å². The van der Waals surface area contributed by atoms with Gasteiger partial charge in [0.05, 0.1) is 17.8 Å². The number of amides is 2. The number of aromatic nitrogens is 1. The summed E-state index contributed by atoms with van der Waals surface area (Å²) < 4.78 is 10.00. The summed E-state index contributed by atoms with van der Waals surface area (Å²) >= 11 is 3.64. The monoisotopic (exact) mass is 617 g/mol. The van der Waals surface area contributed by atoms with Crippen LogP contribution in [0, 0.1) is 18.8 Å². The summed E-state index contributed by atoms with van der Waals surface area (Å²) in [6.07, 6.45) is 3.38. The zero-order chi connectivity index (χ0) is 28.8. The van der Waals surface area contributed by atoms with E-state index in [1.165, 1.54) is 23.7 Å². The number of likely N-dealkylation sites (tertiary alicyclic amines) is 1. The van der Waals surface area contributed by atoms with Crippen molar-refractivity contribution in [2.45, 2.75) is 77.5 Å². The van der Waals surface area contributed by atoms with Crippen LogP contribution in [0.4, 0.5) is 4.79 Å². The molecular weight excluding hydrogens is 582 g/mol. The predicted molar refractivity (Wildman–Crippen MR) is 163 cm³/mol. The molecule has 2 aliphatic carbocycles. The molecule has 2 bridgehead atoms. The Morgan fingerprint density at radius 3 is 2.56 bits per heavy atom. The number of piperidine rings is 1. The Balaban J connectivity index is 1.23. The van der Waals surface area contributed by atoms with Crippen molar-refractivity contribution in [2.75, 3.05) is 6.54 Å². The molecule has 3 atom stereocenters. The lowest BCUT2D eigenvalue weighted by molar-refractivity contribution is 0.0503. The average molecular weight is 619 g/mol. The number of halogens is 1. The second-order valence-corrected chi connectivity index (χ2v) is 14.1. The lowest BCUT2D eigenvalue weighted by Gasteiger charge is -2.40. The van der Waals surface area contributed by atoms with Crippen LogP contribution in [-0.2, 0) is 6.54 Å². The summed E-state index contributed by atoms with van der Waals surface area (Å²) in [5.74, 6) is 1.66. The van der Waals surface area contributed by atoms with E-state index < -0.39 is 11.6 Å². The van der Waals surface area contributed by atoms with Crippen molar-refractivity contribution in [2.24, 2.45) is 11.8 Å². The molecule has 3 aliphatic rings. The van der Waals surface area contributed by atoms with Gasteiger partial charge in [0.15, 0.2) is 5.76 Å². The van der Waals surface area contributed by atoms with Gasteiger partial charge in [0.1, 0.15) is 5.58 Å². The number of carbonyl (C=O) groups is 2. The molecule has 1 saturated heterocycles. The minimum atomic E-state index is -0.917. The Bertz CT molecular complexity index is 1710. The number of rotatable bonds is 5. The topological polar surface area (TPSA) is 78.9 Å². The van der Waals surface area contributed by atoms with Crippen molar-refractivity contribution < 1.29 is 19.1 Å². The third kappa shape index (κ3) is 4.37. The second kappa shape index (κ2) is 9.38. The fourth-order valence-electron chi connectivity index (χ4n) is 7.39. The molecule has 3 heterocycles. The molecule has 7 nitrogen and oxygen atoms in total. The van der Waals surface area contributed by atoms with Crippen LogP contribution in [-0.4, -0.2) is 55.6 Å². The van der Waals surface area contributed by atoms with Crippen molar-refractivity contribution in [3.05, 3.63) is 58.1 Å². The zero-order valence-corrected chi connectivity index (χ0v) is 25.6. The number of benzene rings is 2. The smallest absolute Gasteiger partial charge is 0.408 e. The molecule has 2 aromatic carbocycles. The molecule has 214 valence electrons. The number of hydrogen-bond donors (Lipinski definition) is 1. The first-order chi connectivity index (χ1) is 19.5. The fourth-order valence-corrected chi connectivity index (χ4v) is 7.73. The highest BCUT2D eigenvalue weighted by Gasteiger charge is 2.54. The highest BCUT2D eigenvalue weighted by molar-refractivity contribution is 9.10. The van der Waals surface area contributed by atoms with Gasteiger partial charge in [-0.1, -0.05) is 28.1 Å². The van der Waals surface area contributed by atoms with Crippen molar-refractivity contribution in [3.63, 3.8) is 0 Å². The van der Waals surface area contributed by atoms with E-state index in [1.54, 1.807) is 4.90 Å². The molecule has 4 aromatic rings. The van der Waals surface area contributed by atoms with E-state index in [2.05, 4.69) is 51.7 Å². The van der Waals surface area contributed by atoms with Crippen LogP contribution in [0.1, 0.15) is 62.4 Å². The minimum absolute atomic E-state index is 0.0494. The lowest BCUT2D eigenvalue weighted by Crippen LogP contribution is -2.55. The summed E-state index contributed by atoms with van der Waals surface area (Å²) in [6.45, 7) is 9.44. The van der Waals surface area contributed by atoms with Crippen molar-refractivity contribution >= 4 is 49.8 Å². The van der Waals surface area contributed by atoms with Crippen LogP contribution in [0.15, 0.2) is 51.4 Å². The van der Waals surface area contributed by atoms with Crippen molar-refractivity contribution in [1.29, 1.82) is 0 Å². The van der Waals surface area contributed by atoms with Crippen LogP contribution in [0.25, 0.3) is 33.3 Å². The maximum atomic E-state index is 13.9. The number of carbonyl (C=O) groups excluding carboxylic acids is 1. The summed E-state index contributed by atoms with van der Waals surface area (Å²) in [5.41, 5.74) is 4.10. The lowest BCUT2D eigenvalue weighted by atomic mass is 9.98. The van der Waals surface area contributed by atoms with E-state index in [4.69, 9.17) is 4.42 Å². The maximum Gasteiger partial charge on any atom is 0.408 e. The normalized spacial score (nSPS) is 22.3. The number of carboxylic acid groups (broad SMARTS) is 1. The quantitative estimate of drug-likeness (QED) is 0.247. The Morgan fingerprint density at radius 2 is 1.85 bits per heavy atom. The largest absolute Gasteiger partial charge is 0.465 e. The summed E-state index contributed by atoms with van der Waals surface area (Å²) in [6, 6.07) is 14.1. The molecule has 1 aliphatic heterocycles. The van der Waals surface area contributed by atoms with Gasteiger partial charge in [-0.25, -0.2) is 4.79 Å². The summed E-state index contributed by atoms with van der Waals surface area (Å²) in [7, 11) is 0. The summed E-state index contributed by atoms with van der Waals surface area (Å²) in [5, 5.41) is 12.2. The highest BCUT2D eigenvalue weighted by Crippen LogP contribution is 2.44. The van der Waals surface area contributed by atoms with Gasteiger partial charge < -0.3 is 19.0 Å². The van der Waals surface area contributed by atoms with Gasteiger partial charge in [-0.15, -0.1) is 0 Å². The zero-order valence-electron chi connectivity index (χ0n) is 24.0. The number of furan rings is 1. The Hall–Kier alpha value is -3.26. The molecule has 2 saturated carbocycles. The van der Waals surface area contributed by atoms with Crippen LogP contribution in [0.2, 0.25) is 0 Å². The van der Waals surface area contributed by atoms with Gasteiger partial charge in [-0.3, -0.25) is 9.69 Å². The van der Waals surface area contributed by atoms with Crippen LogP contribution in [0.3, 0.4) is 0 Å². The molecule has 3 fully saturated rings. The average Bonchev–Trinajstić information content (AvgIpc) is 3.26. The number of fused-ring (bicyclic) bond motifs is 4. The SMILES string of the molecule is Cc1c(-c2cc3ccc(Br)cc3n2CC2CC2)oc2cc(C(=O)N3CC4CCC3[C@@H]4N(C(=O)O)C(C)(C)C)ccc12. The molecule has 0 radical (unpaired) electrons. The molecule has 41 heavy (non-hydrogen) atoms. The fraction of sp³-hybridized carbons (Fsp3) is 0.455. The summed E-state index contributed by atoms with van der Waals surface area (Å²) in [4.78, 5) is 29.6. The molecule has 2 aromatic heterocycles. The molecular formula is C33H36BrN3O4. The molecule has 1 N–H and O–H groups in total. The number of nitrogens with zero attached hydrogens (tertiary/aromatic N) is 3. The van der Waals surface area contributed by atoms with E-state index >= 15 is 0 Å². The first-order valence-corrected chi connectivity index (χ1v) is 15.5. The molecule has 2 unspecified atom stereocenters. The Kier molecular flexibility index (Phi) is 6.09. The van der Waals surface area contributed by atoms with E-state index in [1.807, 2.05) is 43.9 Å². The first-order valence-electron chi connectivity index (χ1n) is 14.7. The predicted octanol–water partition coefficient (Wildman–Crippen LogP) is 7.92. The molecule has 7 rings (SSSR count). The number of aryl methyl sites for hydroxylation is 1. The first kappa shape index (κ1) is 26.6. The van der Waals surface area contributed by atoms with Gasteiger partial charge in [0.2, 0.25) is 0 Å². The maximum absolute atomic E-state index is 13.9. The van der Waals surface area contributed by atoms with E-state index in [0.29, 0.717) is 23.6 Å². The van der Waals surface area contributed by atoms with Crippen LogP contribution in [0.5, 0.6) is 0 Å². The van der Waals surface area contributed by atoms with Gasteiger partial charge >= 0.3 is 6.09 Å². The minimum Gasteiger partial charge on any atom is -0.465 e. The molecule has 0 spiro atoms. The second-order valence-electron chi connectivity index (χ2n) is 13.2. The van der Waals surface area contributed by atoms with E-state index in [0.717, 1.165) is 46.3 Å². The third-order valence-corrected chi connectivity index (χ3v) is 9.94. The van der Waals surface area contributed by atoms with Crippen molar-refractivity contribution in [3.8, 4) is 11.5 Å². The van der Waals surface area contributed by atoms with E-state index in [-0.39, 0.29) is 23.9 Å². The number of hydrogen-bond acceptors (Lipinski definition) is 3. The van der Waals surface area contributed by atoms with Crippen LogP contribution < -0.4 is 0 Å². The highest BCUT2D eigenvalue weighted by atomic mass is 79.9. The van der Waals surface area contributed by atoms with Crippen molar-refractivity contribution in [1.82, 2.24) is 14.4 Å². The van der Waals surface area contributed by atoms with Gasteiger partial charge in [-0.05, 0) is 95.5 Å². The van der Waals surface area contributed by atoms with Gasteiger partial charge in [-0.2, -0.15) is 0 Å². The van der Waals surface area contributed by atoms with Gasteiger partial charge in [0.25, 0.3) is 5.91 Å². The van der Waals surface area contributed by atoms with Crippen LogP contribution >= 0.6 is 15.9 Å².